The first kappa shape index (κ1) is 10.9. The quantitative estimate of drug-likeness (QED) is 0.770. The molecule has 0 heterocycles. The number of nitrogens with one attached hydrogen (secondary N) is 1. The smallest absolute Gasteiger partial charge is 0.141 e. The van der Waals surface area contributed by atoms with Crippen molar-refractivity contribution in [1.29, 1.82) is 0 Å². The second-order valence-electron chi connectivity index (χ2n) is 3.37. The Morgan fingerprint density at radius 3 is 2.50 bits per heavy atom. The van der Waals surface area contributed by atoms with Crippen LogP contribution in [0.25, 0.3) is 0 Å². The maximum Gasteiger partial charge on any atom is 0.141 e. The van der Waals surface area contributed by atoms with E-state index in [9.17, 15) is 5.11 Å². The van der Waals surface area contributed by atoms with Crippen molar-refractivity contribution in [3.8, 4) is 5.75 Å². The van der Waals surface area contributed by atoms with Crippen LogP contribution in [0, 0.1) is 0 Å². The fraction of sp³-hybridized carbons (Fsp3) is 0.455. The van der Waals surface area contributed by atoms with Crippen molar-refractivity contribution in [2.75, 3.05) is 12.4 Å². The van der Waals surface area contributed by atoms with Gasteiger partial charge in [0.1, 0.15) is 5.75 Å². The van der Waals surface area contributed by atoms with Crippen molar-refractivity contribution < 1.29 is 9.84 Å². The molecule has 0 saturated carbocycles. The number of para-hydroxylation sites is 2. The normalized spacial score (nSPS) is 14.6. The number of benzene rings is 1. The topological polar surface area (TPSA) is 41.5 Å². The van der Waals surface area contributed by atoms with Crippen LogP contribution in [-0.4, -0.2) is 24.4 Å². The number of methoxy groups -OCH3 is 1. The average molecular weight is 195 g/mol. The lowest BCUT2D eigenvalue weighted by Crippen LogP contribution is -2.27. The van der Waals surface area contributed by atoms with Gasteiger partial charge in [0.25, 0.3) is 0 Å². The average Bonchev–Trinajstić information content (AvgIpc) is 2.18. The molecule has 2 N–H and O–H groups in total. The Bertz CT molecular complexity index is 286. The van der Waals surface area contributed by atoms with Crippen molar-refractivity contribution in [1.82, 2.24) is 0 Å². The summed E-state index contributed by atoms with van der Waals surface area (Å²) in [5.74, 6) is 0.792. The summed E-state index contributed by atoms with van der Waals surface area (Å²) >= 11 is 0. The van der Waals surface area contributed by atoms with E-state index < -0.39 is 0 Å². The van der Waals surface area contributed by atoms with E-state index in [1.807, 2.05) is 31.2 Å². The molecule has 3 nitrogen and oxygen atoms in total. The SMILES string of the molecule is COc1ccccc1N[C@@H](C)[C@H](C)O. The molecule has 14 heavy (non-hydrogen) atoms. The molecule has 1 rings (SSSR count). The van der Waals surface area contributed by atoms with E-state index >= 15 is 0 Å². The van der Waals surface area contributed by atoms with Gasteiger partial charge in [0.15, 0.2) is 0 Å². The van der Waals surface area contributed by atoms with Gasteiger partial charge in [-0.25, -0.2) is 0 Å². The third-order valence-electron chi connectivity index (χ3n) is 2.21. The molecular formula is C11H17NO2. The highest BCUT2D eigenvalue weighted by atomic mass is 16.5. The van der Waals surface area contributed by atoms with Gasteiger partial charge in [0.2, 0.25) is 0 Å². The molecule has 3 heteroatoms. The van der Waals surface area contributed by atoms with E-state index in [0.717, 1.165) is 11.4 Å². The van der Waals surface area contributed by atoms with Crippen LogP contribution < -0.4 is 10.1 Å². The molecule has 1 aromatic rings. The van der Waals surface area contributed by atoms with Gasteiger partial charge in [-0.1, -0.05) is 12.1 Å². The van der Waals surface area contributed by atoms with Crippen LogP contribution in [-0.2, 0) is 0 Å². The molecule has 0 fully saturated rings. The molecular weight excluding hydrogens is 178 g/mol. The van der Waals surface area contributed by atoms with Crippen LogP contribution in [0.4, 0.5) is 5.69 Å². The van der Waals surface area contributed by atoms with Gasteiger partial charge >= 0.3 is 0 Å². The van der Waals surface area contributed by atoms with Gasteiger partial charge in [-0.15, -0.1) is 0 Å². The summed E-state index contributed by atoms with van der Waals surface area (Å²) in [6.07, 6.45) is -0.389. The molecule has 0 bridgehead atoms. The summed E-state index contributed by atoms with van der Waals surface area (Å²) in [6.45, 7) is 3.68. The van der Waals surface area contributed by atoms with Gasteiger partial charge in [-0.3, -0.25) is 0 Å². The summed E-state index contributed by atoms with van der Waals surface area (Å²) in [6, 6.07) is 7.66. The fourth-order valence-electron chi connectivity index (χ4n) is 1.13. The van der Waals surface area contributed by atoms with Crippen LogP contribution >= 0.6 is 0 Å². The Labute approximate surface area is 84.7 Å². The summed E-state index contributed by atoms with van der Waals surface area (Å²) < 4.78 is 5.18. The lowest BCUT2D eigenvalue weighted by molar-refractivity contribution is 0.177. The Balaban J connectivity index is 2.75. The van der Waals surface area contributed by atoms with Gasteiger partial charge < -0.3 is 15.2 Å². The van der Waals surface area contributed by atoms with Gasteiger partial charge in [0.05, 0.1) is 18.9 Å². The van der Waals surface area contributed by atoms with Crippen LogP contribution in [0.2, 0.25) is 0 Å². The first-order chi connectivity index (χ1) is 6.65. The highest BCUT2D eigenvalue weighted by molar-refractivity contribution is 5.56. The first-order valence-electron chi connectivity index (χ1n) is 4.72. The zero-order chi connectivity index (χ0) is 10.6. The van der Waals surface area contributed by atoms with Crippen molar-refractivity contribution in [2.45, 2.75) is 26.0 Å². The Morgan fingerprint density at radius 1 is 1.29 bits per heavy atom. The third kappa shape index (κ3) is 2.64. The van der Waals surface area contributed by atoms with E-state index in [0.29, 0.717) is 0 Å². The molecule has 78 valence electrons. The minimum Gasteiger partial charge on any atom is -0.495 e. The molecule has 0 amide bonds. The van der Waals surface area contributed by atoms with E-state index in [1.54, 1.807) is 14.0 Å². The van der Waals surface area contributed by atoms with Gasteiger partial charge in [-0.2, -0.15) is 0 Å². The summed E-state index contributed by atoms with van der Waals surface area (Å²) in [5.41, 5.74) is 0.906. The van der Waals surface area contributed by atoms with Crippen LogP contribution in [0.3, 0.4) is 0 Å². The molecule has 0 aliphatic heterocycles. The predicted octanol–water partition coefficient (Wildman–Crippen LogP) is 1.88. The number of aliphatic hydroxyl groups excluding tert-OH is 1. The first-order valence-corrected chi connectivity index (χ1v) is 4.72. The molecule has 0 aromatic heterocycles. The minimum absolute atomic E-state index is 0.00583. The molecule has 1 aromatic carbocycles. The molecule has 0 spiro atoms. The van der Waals surface area contributed by atoms with Crippen molar-refractivity contribution in [3.63, 3.8) is 0 Å². The van der Waals surface area contributed by atoms with Crippen LogP contribution in [0.5, 0.6) is 5.75 Å². The van der Waals surface area contributed by atoms with Crippen LogP contribution in [0.15, 0.2) is 24.3 Å². The maximum atomic E-state index is 9.34. The van der Waals surface area contributed by atoms with Crippen molar-refractivity contribution >= 4 is 5.69 Å². The standard InChI is InChI=1S/C11H17NO2/c1-8(9(2)13)12-10-6-4-5-7-11(10)14-3/h4-9,12-13H,1-3H3/t8-,9-/m0/s1. The Hall–Kier alpha value is -1.22. The minimum atomic E-state index is -0.389. The van der Waals surface area contributed by atoms with Gasteiger partial charge in [-0.05, 0) is 26.0 Å². The number of hydrogen-bond donors (Lipinski definition) is 2. The molecule has 0 aliphatic rings. The number of anilines is 1. The van der Waals surface area contributed by atoms with E-state index in [-0.39, 0.29) is 12.1 Å². The Morgan fingerprint density at radius 2 is 1.93 bits per heavy atom. The number of ether oxygens (including phenoxy) is 1. The molecule has 0 radical (unpaired) electrons. The predicted molar refractivity (Wildman–Crippen MR) is 57.8 cm³/mol. The fourth-order valence-corrected chi connectivity index (χ4v) is 1.13. The second-order valence-corrected chi connectivity index (χ2v) is 3.37. The largest absolute Gasteiger partial charge is 0.495 e. The molecule has 0 unspecified atom stereocenters. The van der Waals surface area contributed by atoms with Gasteiger partial charge in [0, 0.05) is 6.04 Å². The lowest BCUT2D eigenvalue weighted by atomic mass is 10.2. The Kier molecular flexibility index (Phi) is 3.77. The summed E-state index contributed by atoms with van der Waals surface area (Å²) in [5, 5.41) is 12.5. The van der Waals surface area contributed by atoms with Crippen molar-refractivity contribution in [3.05, 3.63) is 24.3 Å². The highest BCUT2D eigenvalue weighted by Gasteiger charge is 2.10. The number of rotatable bonds is 4. The zero-order valence-electron chi connectivity index (χ0n) is 8.82. The van der Waals surface area contributed by atoms with E-state index in [1.165, 1.54) is 0 Å². The monoisotopic (exact) mass is 195 g/mol. The summed E-state index contributed by atoms with van der Waals surface area (Å²) in [4.78, 5) is 0. The zero-order valence-corrected chi connectivity index (χ0v) is 8.82. The highest BCUT2D eigenvalue weighted by Crippen LogP contribution is 2.23. The van der Waals surface area contributed by atoms with Crippen LogP contribution in [0.1, 0.15) is 13.8 Å². The molecule has 0 saturated heterocycles. The molecule has 0 aliphatic carbocycles. The number of hydrogen-bond acceptors (Lipinski definition) is 3. The third-order valence-corrected chi connectivity index (χ3v) is 2.21. The van der Waals surface area contributed by atoms with E-state index in [4.69, 9.17) is 4.74 Å². The van der Waals surface area contributed by atoms with Crippen molar-refractivity contribution in [2.24, 2.45) is 0 Å². The molecule has 2 atom stereocenters. The van der Waals surface area contributed by atoms with E-state index in [2.05, 4.69) is 5.32 Å². The number of aliphatic hydroxyl groups is 1. The summed E-state index contributed by atoms with van der Waals surface area (Å²) in [7, 11) is 1.63. The lowest BCUT2D eigenvalue weighted by Gasteiger charge is -2.19. The maximum absolute atomic E-state index is 9.34. The second kappa shape index (κ2) is 4.86.